The summed E-state index contributed by atoms with van der Waals surface area (Å²) in [5.74, 6) is -1.43. The van der Waals surface area contributed by atoms with Gasteiger partial charge in [-0.15, -0.1) is 0 Å². The molecule has 2 atom stereocenters. The highest BCUT2D eigenvalue weighted by molar-refractivity contribution is 7.78. The fraction of sp³-hybridized carbons (Fsp3) is 0.667. The average molecular weight is 314 g/mol. The molecule has 1 aliphatic rings. The van der Waals surface area contributed by atoms with E-state index in [9.17, 15) is 9.59 Å². The molecule has 0 saturated heterocycles. The Kier molecular flexibility index (Phi) is 5.65. The van der Waals surface area contributed by atoms with Crippen LogP contribution >= 0.6 is 24.4 Å². The topological polar surface area (TPSA) is 77.3 Å². The van der Waals surface area contributed by atoms with Gasteiger partial charge >= 0.3 is 11.9 Å². The zero-order chi connectivity index (χ0) is 15.2. The lowest BCUT2D eigenvalue weighted by molar-refractivity contribution is -0.163. The molecule has 0 aliphatic heterocycles. The first-order valence-corrected chi connectivity index (χ1v) is 6.71. The summed E-state index contributed by atoms with van der Waals surface area (Å²) in [6.07, 6.45) is 1.83. The molecule has 0 aromatic carbocycles. The zero-order valence-electron chi connectivity index (χ0n) is 11.2. The van der Waals surface area contributed by atoms with Gasteiger partial charge in [-0.25, -0.2) is 19.6 Å². The molecule has 0 N–H and O–H groups in total. The van der Waals surface area contributed by atoms with Gasteiger partial charge in [-0.1, -0.05) is 12.8 Å². The van der Waals surface area contributed by atoms with Crippen LogP contribution in [0.3, 0.4) is 0 Å². The minimum absolute atomic E-state index is 0.249. The summed E-state index contributed by atoms with van der Waals surface area (Å²) < 4.78 is 9.59. The monoisotopic (exact) mass is 314 g/mol. The molecule has 1 saturated carbocycles. The summed E-state index contributed by atoms with van der Waals surface area (Å²) >= 11 is 9.23. The Hall–Kier alpha value is -1.46. The number of hydrogen-bond acceptors (Lipinski definition) is 8. The van der Waals surface area contributed by atoms with E-state index in [0.717, 1.165) is 0 Å². The summed E-state index contributed by atoms with van der Waals surface area (Å²) in [6, 6.07) is 0. The second kappa shape index (κ2) is 6.81. The second-order valence-corrected chi connectivity index (χ2v) is 4.68. The van der Waals surface area contributed by atoms with Crippen molar-refractivity contribution in [3.8, 4) is 0 Å². The smallest absolute Gasteiger partial charge is 0.337 e. The van der Waals surface area contributed by atoms with Crippen molar-refractivity contribution in [3.05, 3.63) is 0 Å². The number of hydrogen-bond donors (Lipinski definition) is 0. The van der Waals surface area contributed by atoms with E-state index in [-0.39, 0.29) is 12.8 Å². The number of carbonyl (C=O) groups excluding carboxylic acids is 2. The third-order valence-electron chi connectivity index (χ3n) is 3.53. The normalized spacial score (nSPS) is 28.5. The number of carbonyl (C=O) groups is 2. The summed E-state index contributed by atoms with van der Waals surface area (Å²) in [7, 11) is 2.42. The number of esters is 2. The van der Waals surface area contributed by atoms with Crippen molar-refractivity contribution < 1.29 is 19.1 Å². The molecular weight excluding hydrogens is 300 g/mol. The molecule has 8 heteroatoms. The van der Waals surface area contributed by atoms with Gasteiger partial charge in [-0.2, -0.15) is 0 Å². The lowest BCUT2D eigenvalue weighted by Gasteiger charge is -2.42. The van der Waals surface area contributed by atoms with E-state index in [1.165, 1.54) is 14.2 Å². The first kappa shape index (κ1) is 16.6. The summed E-state index contributed by atoms with van der Waals surface area (Å²) in [5.41, 5.74) is -3.19. The highest BCUT2D eigenvalue weighted by Crippen LogP contribution is 2.44. The first-order chi connectivity index (χ1) is 9.54. The molecule has 1 rings (SSSR count). The molecule has 0 unspecified atom stereocenters. The first-order valence-electron chi connectivity index (χ1n) is 5.89. The fourth-order valence-corrected chi connectivity index (χ4v) is 2.91. The van der Waals surface area contributed by atoms with Gasteiger partial charge < -0.3 is 9.47 Å². The van der Waals surface area contributed by atoms with Crippen LogP contribution in [0.1, 0.15) is 25.7 Å². The molecule has 108 valence electrons. The molecule has 6 nitrogen and oxygen atoms in total. The van der Waals surface area contributed by atoms with Gasteiger partial charge in [0.15, 0.2) is 0 Å². The lowest BCUT2D eigenvalue weighted by Crippen LogP contribution is -2.63. The molecule has 0 amide bonds. The van der Waals surface area contributed by atoms with Gasteiger partial charge in [0.25, 0.3) is 0 Å². The molecule has 1 aliphatic carbocycles. The van der Waals surface area contributed by atoms with E-state index in [1.54, 1.807) is 0 Å². The molecular formula is C12H14N2O4S2. The van der Waals surface area contributed by atoms with Crippen LogP contribution in [-0.4, -0.2) is 47.6 Å². The molecule has 0 aromatic rings. The van der Waals surface area contributed by atoms with Crippen molar-refractivity contribution in [1.82, 2.24) is 0 Å². The van der Waals surface area contributed by atoms with E-state index in [1.807, 2.05) is 0 Å². The minimum atomic E-state index is -1.60. The number of methoxy groups -OCH3 is 2. The average Bonchev–Trinajstić information content (AvgIpc) is 2.47. The Bertz CT molecular complexity index is 466. The van der Waals surface area contributed by atoms with Crippen LogP contribution in [0.15, 0.2) is 9.98 Å². The molecule has 0 radical (unpaired) electrons. The maximum atomic E-state index is 12.3. The van der Waals surface area contributed by atoms with Crippen molar-refractivity contribution in [1.29, 1.82) is 0 Å². The quantitative estimate of drug-likeness (QED) is 0.445. The van der Waals surface area contributed by atoms with E-state index in [2.05, 4.69) is 44.7 Å². The summed E-state index contributed by atoms with van der Waals surface area (Å²) in [5, 5.41) is 4.33. The van der Waals surface area contributed by atoms with E-state index < -0.39 is 23.0 Å². The van der Waals surface area contributed by atoms with Crippen LogP contribution in [0.25, 0.3) is 0 Å². The van der Waals surface area contributed by atoms with E-state index in [4.69, 9.17) is 9.47 Å². The van der Waals surface area contributed by atoms with Gasteiger partial charge in [0.1, 0.15) is 0 Å². The van der Waals surface area contributed by atoms with Crippen molar-refractivity contribution in [2.24, 2.45) is 9.98 Å². The van der Waals surface area contributed by atoms with Gasteiger partial charge in [-0.3, -0.25) is 0 Å². The standard InChI is InChI=1S/C12H14N2O4S2/c1-17-9(15)11(13-7-19)5-3-4-6-12(11,14-8-20)10(16)18-2/h3-6H2,1-2H3/t11-,12-/m1/s1. The van der Waals surface area contributed by atoms with Crippen molar-refractivity contribution in [2.45, 2.75) is 36.8 Å². The molecule has 0 bridgehead atoms. The third kappa shape index (κ3) is 2.43. The Morgan fingerprint density at radius 3 is 1.55 bits per heavy atom. The van der Waals surface area contributed by atoms with Gasteiger partial charge in [-0.05, 0) is 37.3 Å². The van der Waals surface area contributed by atoms with Crippen molar-refractivity contribution in [2.75, 3.05) is 14.2 Å². The fourth-order valence-electron chi connectivity index (χ4n) is 2.60. The molecule has 0 spiro atoms. The maximum Gasteiger partial charge on any atom is 0.337 e. The molecule has 0 heterocycles. The van der Waals surface area contributed by atoms with Gasteiger partial charge in [0, 0.05) is 0 Å². The largest absolute Gasteiger partial charge is 0.467 e. The number of thiocarbonyl (C=S) groups is 2. The van der Waals surface area contributed by atoms with Crippen LogP contribution < -0.4 is 0 Å². The summed E-state index contributed by atoms with van der Waals surface area (Å²) in [6.45, 7) is 0. The van der Waals surface area contributed by atoms with Crippen molar-refractivity contribution >= 4 is 46.7 Å². The Balaban J connectivity index is 3.63. The zero-order valence-corrected chi connectivity index (χ0v) is 12.8. The molecule has 0 aromatic heterocycles. The van der Waals surface area contributed by atoms with Gasteiger partial charge in [0.2, 0.25) is 11.1 Å². The van der Waals surface area contributed by atoms with Crippen LogP contribution in [0.2, 0.25) is 0 Å². The number of ether oxygens (including phenoxy) is 2. The summed E-state index contributed by atoms with van der Waals surface area (Å²) in [4.78, 5) is 32.4. The highest BCUT2D eigenvalue weighted by Gasteiger charge is 2.65. The highest BCUT2D eigenvalue weighted by atomic mass is 32.1. The Labute approximate surface area is 127 Å². The number of nitrogens with zero attached hydrogens (tertiary/aromatic N) is 2. The maximum absolute atomic E-state index is 12.3. The van der Waals surface area contributed by atoms with Crippen LogP contribution in [-0.2, 0) is 19.1 Å². The number of aliphatic imine (C=N–C) groups is 2. The number of isothiocyanates is 2. The molecule has 20 heavy (non-hydrogen) atoms. The van der Waals surface area contributed by atoms with Crippen LogP contribution in [0, 0.1) is 0 Å². The SMILES string of the molecule is COC(=O)[C@]1(N=C=S)CCCC[C@@]1(N=C=S)C(=O)OC. The predicted molar refractivity (Wildman–Crippen MR) is 78.0 cm³/mol. The third-order valence-corrected chi connectivity index (χ3v) is 3.71. The van der Waals surface area contributed by atoms with E-state index in [0.29, 0.717) is 12.8 Å². The molecule has 1 fully saturated rings. The van der Waals surface area contributed by atoms with Crippen LogP contribution in [0.4, 0.5) is 0 Å². The second-order valence-electron chi connectivity index (χ2n) is 4.32. The van der Waals surface area contributed by atoms with Crippen LogP contribution in [0.5, 0.6) is 0 Å². The van der Waals surface area contributed by atoms with Gasteiger partial charge in [0.05, 0.1) is 24.5 Å². The predicted octanol–water partition coefficient (Wildman–Crippen LogP) is 1.59. The minimum Gasteiger partial charge on any atom is -0.467 e. The number of rotatable bonds is 4. The van der Waals surface area contributed by atoms with E-state index >= 15 is 0 Å². The Morgan fingerprint density at radius 2 is 1.30 bits per heavy atom. The lowest BCUT2D eigenvalue weighted by atomic mass is 9.67. The Morgan fingerprint density at radius 1 is 0.950 bits per heavy atom. The van der Waals surface area contributed by atoms with Crippen molar-refractivity contribution in [3.63, 3.8) is 0 Å².